The molecule has 6 heteroatoms. The van der Waals surface area contributed by atoms with Crippen LogP contribution < -0.4 is 15.4 Å². The number of methoxy groups -OCH3 is 1. The summed E-state index contributed by atoms with van der Waals surface area (Å²) in [5.41, 5.74) is 0.0974. The number of carboxylic acids is 1. The second kappa shape index (κ2) is 6.79. The lowest BCUT2D eigenvalue weighted by atomic mass is 10.0. The first-order valence-corrected chi connectivity index (χ1v) is 6.23. The summed E-state index contributed by atoms with van der Waals surface area (Å²) < 4.78 is 5.09. The Morgan fingerprint density at radius 3 is 2.65 bits per heavy atom. The van der Waals surface area contributed by atoms with Crippen molar-refractivity contribution in [1.82, 2.24) is 10.6 Å². The molecule has 0 aromatic heterocycles. The van der Waals surface area contributed by atoms with Crippen molar-refractivity contribution in [1.29, 1.82) is 0 Å². The molecule has 0 spiro atoms. The maximum atomic E-state index is 11.7. The number of urea groups is 1. The van der Waals surface area contributed by atoms with Crippen molar-refractivity contribution >= 4 is 12.0 Å². The number of amides is 2. The van der Waals surface area contributed by atoms with Crippen LogP contribution in [0.5, 0.6) is 5.75 Å². The summed E-state index contributed by atoms with van der Waals surface area (Å²) in [6.45, 7) is 3.66. The van der Waals surface area contributed by atoms with Crippen LogP contribution in [0.2, 0.25) is 0 Å². The fraction of sp³-hybridized carbons (Fsp3) is 0.429. The number of hydrogen-bond donors (Lipinski definition) is 3. The Balaban J connectivity index is 2.48. The maximum absolute atomic E-state index is 11.7. The monoisotopic (exact) mass is 280 g/mol. The molecule has 1 rings (SSSR count). The molecule has 0 unspecified atom stereocenters. The van der Waals surface area contributed by atoms with Crippen molar-refractivity contribution in [2.45, 2.75) is 32.4 Å². The molecule has 0 fully saturated rings. The van der Waals surface area contributed by atoms with Crippen LogP contribution in [0, 0.1) is 0 Å². The van der Waals surface area contributed by atoms with E-state index in [-0.39, 0.29) is 6.42 Å². The number of aliphatic carboxylic acids is 1. The fourth-order valence-corrected chi connectivity index (χ4v) is 1.74. The van der Waals surface area contributed by atoms with Gasteiger partial charge < -0.3 is 20.5 Å². The van der Waals surface area contributed by atoms with Crippen molar-refractivity contribution < 1.29 is 19.4 Å². The zero-order chi connectivity index (χ0) is 15.2. The van der Waals surface area contributed by atoms with Gasteiger partial charge in [0, 0.05) is 12.1 Å². The quantitative estimate of drug-likeness (QED) is 0.740. The van der Waals surface area contributed by atoms with E-state index in [9.17, 15) is 9.59 Å². The van der Waals surface area contributed by atoms with Crippen LogP contribution in [0.25, 0.3) is 0 Å². The van der Waals surface area contributed by atoms with Crippen LogP contribution in [-0.4, -0.2) is 29.8 Å². The number of rotatable bonds is 6. The lowest BCUT2D eigenvalue weighted by Crippen LogP contribution is -2.49. The number of carboxylic acid groups (broad SMARTS) is 1. The van der Waals surface area contributed by atoms with E-state index in [1.807, 2.05) is 24.3 Å². The van der Waals surface area contributed by atoms with Crippen molar-refractivity contribution in [3.63, 3.8) is 0 Å². The number of carbonyl (C=O) groups excluding carboxylic acids is 1. The highest BCUT2D eigenvalue weighted by Crippen LogP contribution is 2.12. The van der Waals surface area contributed by atoms with E-state index in [1.54, 1.807) is 21.0 Å². The normalized spacial score (nSPS) is 10.8. The van der Waals surface area contributed by atoms with Gasteiger partial charge in [0.2, 0.25) is 0 Å². The highest BCUT2D eigenvalue weighted by Gasteiger charge is 2.23. The Morgan fingerprint density at radius 2 is 2.05 bits per heavy atom. The number of benzene rings is 1. The van der Waals surface area contributed by atoms with Crippen LogP contribution in [0.15, 0.2) is 24.3 Å². The second-order valence-electron chi connectivity index (χ2n) is 5.11. The molecular formula is C14H20N2O4. The predicted molar refractivity (Wildman–Crippen MR) is 74.7 cm³/mol. The van der Waals surface area contributed by atoms with E-state index in [0.29, 0.717) is 6.54 Å². The number of hydrogen-bond acceptors (Lipinski definition) is 3. The summed E-state index contributed by atoms with van der Waals surface area (Å²) in [5.74, 6) is -0.237. The minimum atomic E-state index is -0.955. The van der Waals surface area contributed by atoms with Gasteiger partial charge in [-0.15, -0.1) is 0 Å². The first-order chi connectivity index (χ1) is 9.32. The SMILES string of the molecule is COc1cccc(CNC(=O)NC(C)(C)CC(=O)O)c1. The zero-order valence-electron chi connectivity index (χ0n) is 11.9. The molecule has 0 saturated heterocycles. The summed E-state index contributed by atoms with van der Waals surface area (Å²) in [4.78, 5) is 22.4. The number of nitrogens with one attached hydrogen (secondary N) is 2. The van der Waals surface area contributed by atoms with Crippen molar-refractivity contribution in [2.24, 2.45) is 0 Å². The first kappa shape index (κ1) is 15.8. The summed E-state index contributed by atoms with van der Waals surface area (Å²) in [5, 5.41) is 14.0. The van der Waals surface area contributed by atoms with Crippen LogP contribution >= 0.6 is 0 Å². The molecule has 0 bridgehead atoms. The van der Waals surface area contributed by atoms with Crippen molar-refractivity contribution in [2.75, 3.05) is 7.11 Å². The van der Waals surface area contributed by atoms with Gasteiger partial charge in [-0.25, -0.2) is 4.79 Å². The van der Waals surface area contributed by atoms with Gasteiger partial charge in [-0.3, -0.25) is 4.79 Å². The van der Waals surface area contributed by atoms with E-state index in [2.05, 4.69) is 10.6 Å². The summed E-state index contributed by atoms with van der Waals surface area (Å²) in [7, 11) is 1.58. The van der Waals surface area contributed by atoms with Crippen LogP contribution in [-0.2, 0) is 11.3 Å². The molecule has 2 amide bonds. The Hall–Kier alpha value is -2.24. The molecule has 20 heavy (non-hydrogen) atoms. The molecule has 0 saturated carbocycles. The molecular weight excluding hydrogens is 260 g/mol. The molecule has 0 radical (unpaired) electrons. The van der Waals surface area contributed by atoms with Gasteiger partial charge in [-0.2, -0.15) is 0 Å². The largest absolute Gasteiger partial charge is 0.497 e. The summed E-state index contributed by atoms with van der Waals surface area (Å²) in [6, 6.07) is 6.94. The van der Waals surface area contributed by atoms with Gasteiger partial charge in [-0.05, 0) is 31.5 Å². The topological polar surface area (TPSA) is 87.7 Å². The van der Waals surface area contributed by atoms with Crippen LogP contribution in [0.3, 0.4) is 0 Å². The average molecular weight is 280 g/mol. The van der Waals surface area contributed by atoms with Gasteiger partial charge in [0.15, 0.2) is 0 Å². The van der Waals surface area contributed by atoms with Crippen molar-refractivity contribution in [3.8, 4) is 5.75 Å². The molecule has 0 aliphatic rings. The maximum Gasteiger partial charge on any atom is 0.315 e. The fourth-order valence-electron chi connectivity index (χ4n) is 1.74. The third-order valence-electron chi connectivity index (χ3n) is 2.63. The lowest BCUT2D eigenvalue weighted by molar-refractivity contribution is -0.138. The molecule has 3 N–H and O–H groups in total. The van der Waals surface area contributed by atoms with Gasteiger partial charge in [0.25, 0.3) is 0 Å². The van der Waals surface area contributed by atoms with E-state index < -0.39 is 17.5 Å². The smallest absolute Gasteiger partial charge is 0.315 e. The minimum Gasteiger partial charge on any atom is -0.497 e. The van der Waals surface area contributed by atoms with Crippen molar-refractivity contribution in [3.05, 3.63) is 29.8 Å². The molecule has 0 heterocycles. The highest BCUT2D eigenvalue weighted by atomic mass is 16.5. The molecule has 0 atom stereocenters. The third-order valence-corrected chi connectivity index (χ3v) is 2.63. The Kier molecular flexibility index (Phi) is 5.37. The summed E-state index contributed by atoms with van der Waals surface area (Å²) >= 11 is 0. The lowest BCUT2D eigenvalue weighted by Gasteiger charge is -2.24. The van der Waals surface area contributed by atoms with Gasteiger partial charge in [-0.1, -0.05) is 12.1 Å². The Bertz CT molecular complexity index is 486. The molecule has 0 aliphatic carbocycles. The predicted octanol–water partition coefficient (Wildman–Crippen LogP) is 1.75. The Labute approximate surface area is 118 Å². The number of carbonyl (C=O) groups is 2. The summed E-state index contributed by atoms with van der Waals surface area (Å²) in [6.07, 6.45) is -0.139. The second-order valence-corrected chi connectivity index (χ2v) is 5.11. The molecule has 110 valence electrons. The molecule has 1 aromatic carbocycles. The van der Waals surface area contributed by atoms with Gasteiger partial charge >= 0.3 is 12.0 Å². The van der Waals surface area contributed by atoms with Gasteiger partial charge in [0.1, 0.15) is 5.75 Å². The molecule has 0 aliphatic heterocycles. The Morgan fingerprint density at radius 1 is 1.35 bits per heavy atom. The molecule has 1 aromatic rings. The van der Waals surface area contributed by atoms with E-state index in [4.69, 9.17) is 9.84 Å². The molecule has 6 nitrogen and oxygen atoms in total. The zero-order valence-corrected chi connectivity index (χ0v) is 11.9. The van der Waals surface area contributed by atoms with E-state index >= 15 is 0 Å². The minimum absolute atomic E-state index is 0.139. The van der Waals surface area contributed by atoms with Gasteiger partial charge in [0.05, 0.1) is 13.5 Å². The van der Waals surface area contributed by atoms with Crippen LogP contribution in [0.1, 0.15) is 25.8 Å². The average Bonchev–Trinajstić information content (AvgIpc) is 2.34. The standard InChI is InChI=1S/C14H20N2O4/c1-14(2,8-12(17)18)16-13(19)15-9-10-5-4-6-11(7-10)20-3/h4-7H,8-9H2,1-3H3,(H,17,18)(H2,15,16,19). The highest BCUT2D eigenvalue weighted by molar-refractivity contribution is 5.76. The third kappa shape index (κ3) is 5.60. The van der Waals surface area contributed by atoms with Crippen LogP contribution in [0.4, 0.5) is 4.79 Å². The number of ether oxygens (including phenoxy) is 1. The van der Waals surface area contributed by atoms with E-state index in [0.717, 1.165) is 11.3 Å². The van der Waals surface area contributed by atoms with E-state index in [1.165, 1.54) is 0 Å². The first-order valence-electron chi connectivity index (χ1n) is 6.23.